The lowest BCUT2D eigenvalue weighted by Crippen LogP contribution is -2.23. The highest BCUT2D eigenvalue weighted by molar-refractivity contribution is 7.89. The lowest BCUT2D eigenvalue weighted by Gasteiger charge is -2.09. The van der Waals surface area contributed by atoms with E-state index in [1.54, 1.807) is 18.3 Å². The Bertz CT molecular complexity index is 855. The molecule has 1 aliphatic rings. The van der Waals surface area contributed by atoms with E-state index in [-0.39, 0.29) is 4.90 Å². The summed E-state index contributed by atoms with van der Waals surface area (Å²) in [4.78, 5) is 4.62. The second-order valence-corrected chi connectivity index (χ2v) is 7.88. The second-order valence-electron chi connectivity index (χ2n) is 5.33. The van der Waals surface area contributed by atoms with Gasteiger partial charge in [0.15, 0.2) is 0 Å². The van der Waals surface area contributed by atoms with Crippen LogP contribution in [-0.4, -0.2) is 50.3 Å². The van der Waals surface area contributed by atoms with Crippen molar-refractivity contribution in [3.63, 3.8) is 0 Å². The lowest BCUT2D eigenvalue weighted by atomic mass is 10.2. The van der Waals surface area contributed by atoms with E-state index in [9.17, 15) is 8.42 Å². The zero-order chi connectivity index (χ0) is 15.9. The molecule has 118 valence electrons. The molecule has 3 rings (SSSR count). The third kappa shape index (κ3) is 2.60. The summed E-state index contributed by atoms with van der Waals surface area (Å²) in [7, 11) is -0.500. The van der Waals surface area contributed by atoms with Gasteiger partial charge in [0.2, 0.25) is 10.0 Å². The molecule has 1 aromatic carbocycles. The number of hydrogen-bond acceptors (Lipinski definition) is 4. The third-order valence-corrected chi connectivity index (χ3v) is 5.71. The van der Waals surface area contributed by atoms with E-state index in [0.717, 1.165) is 24.4 Å². The minimum absolute atomic E-state index is 0.258. The Kier molecular flexibility index (Phi) is 3.88. The summed E-state index contributed by atoms with van der Waals surface area (Å²) >= 11 is 6.05. The maximum atomic E-state index is 12.5. The maximum absolute atomic E-state index is 12.5. The zero-order valence-electron chi connectivity index (χ0n) is 12.4. The third-order valence-electron chi connectivity index (χ3n) is 3.63. The lowest BCUT2D eigenvalue weighted by molar-refractivity contribution is 0.521. The van der Waals surface area contributed by atoms with Crippen molar-refractivity contribution in [1.29, 1.82) is 0 Å². The van der Waals surface area contributed by atoms with Crippen LogP contribution in [0.15, 0.2) is 34.3 Å². The summed E-state index contributed by atoms with van der Waals surface area (Å²) in [6, 6.07) is 5.28. The average Bonchev–Trinajstić information content (AvgIpc) is 3.07. The fraction of sp³-hybridized carbons (Fsp3) is 0.357. The first-order valence-corrected chi connectivity index (χ1v) is 8.69. The molecule has 0 atom stereocenters. The molecule has 0 saturated heterocycles. The van der Waals surface area contributed by atoms with E-state index in [0.29, 0.717) is 17.0 Å². The molecule has 0 bridgehead atoms. The smallest absolute Gasteiger partial charge is 0.244 e. The summed E-state index contributed by atoms with van der Waals surface area (Å²) in [5.41, 5.74) is 0.821. The van der Waals surface area contributed by atoms with Crippen LogP contribution >= 0.6 is 11.6 Å². The van der Waals surface area contributed by atoms with Crippen molar-refractivity contribution >= 4 is 38.4 Å². The molecule has 22 heavy (non-hydrogen) atoms. The fourth-order valence-electron chi connectivity index (χ4n) is 2.48. The van der Waals surface area contributed by atoms with Gasteiger partial charge in [0.1, 0.15) is 10.7 Å². The number of fused-ring (bicyclic) bond motifs is 1. The van der Waals surface area contributed by atoms with Gasteiger partial charge in [0.05, 0.1) is 13.1 Å². The van der Waals surface area contributed by atoms with Gasteiger partial charge < -0.3 is 9.88 Å². The summed E-state index contributed by atoms with van der Waals surface area (Å²) in [5.74, 6) is 0.862. The maximum Gasteiger partial charge on any atom is 0.244 e. The second kappa shape index (κ2) is 5.57. The predicted molar refractivity (Wildman–Crippen MR) is 88.1 cm³/mol. The Labute approximate surface area is 134 Å². The Balaban J connectivity index is 2.18. The number of nitrogens with one attached hydrogen (secondary N) is 1. The first-order valence-electron chi connectivity index (χ1n) is 6.88. The SMILES string of the molecule is CN(C)S(=O)(=O)c1cn(CC2=NCCN2)c2ccc(Cl)cc12. The van der Waals surface area contributed by atoms with Crippen LogP contribution in [0.25, 0.3) is 10.9 Å². The molecule has 1 aromatic heterocycles. The number of nitrogens with zero attached hydrogens (tertiary/aromatic N) is 3. The Morgan fingerprint density at radius 1 is 1.41 bits per heavy atom. The van der Waals surface area contributed by atoms with Gasteiger partial charge in [-0.1, -0.05) is 11.6 Å². The highest BCUT2D eigenvalue weighted by Crippen LogP contribution is 2.29. The summed E-state index contributed by atoms with van der Waals surface area (Å²) in [5, 5.41) is 4.33. The summed E-state index contributed by atoms with van der Waals surface area (Å²) < 4.78 is 28.2. The molecule has 1 aliphatic heterocycles. The van der Waals surface area contributed by atoms with Crippen molar-refractivity contribution in [2.45, 2.75) is 11.4 Å². The molecule has 0 fully saturated rings. The van der Waals surface area contributed by atoms with Gasteiger partial charge in [-0.05, 0) is 18.2 Å². The minimum atomic E-state index is -3.54. The molecule has 6 nitrogen and oxygen atoms in total. The molecule has 0 unspecified atom stereocenters. The molecule has 0 radical (unpaired) electrons. The molecule has 8 heteroatoms. The standard InChI is InChI=1S/C14H17ClN4O2S/c1-18(2)22(20,21)13-8-19(9-14-16-5-6-17-14)12-4-3-10(15)7-11(12)13/h3-4,7-8H,5-6,9H2,1-2H3,(H,16,17). The number of benzene rings is 1. The van der Waals surface area contributed by atoms with Crippen molar-refractivity contribution in [3.8, 4) is 0 Å². The molecular weight excluding hydrogens is 324 g/mol. The van der Waals surface area contributed by atoms with E-state index in [1.807, 2.05) is 10.6 Å². The molecule has 1 N–H and O–H groups in total. The predicted octanol–water partition coefficient (Wildman–Crippen LogP) is 1.55. The molecular formula is C14H17ClN4O2S. The number of rotatable bonds is 4. The summed E-state index contributed by atoms with van der Waals surface area (Å²) in [6.45, 7) is 2.09. The summed E-state index contributed by atoms with van der Waals surface area (Å²) in [6.07, 6.45) is 1.65. The van der Waals surface area contributed by atoms with Gasteiger partial charge in [-0.25, -0.2) is 12.7 Å². The Morgan fingerprint density at radius 3 is 2.82 bits per heavy atom. The normalized spacial score (nSPS) is 15.4. The number of aromatic nitrogens is 1. The molecule has 2 aromatic rings. The van der Waals surface area contributed by atoms with Gasteiger partial charge >= 0.3 is 0 Å². The average molecular weight is 341 g/mol. The van der Waals surface area contributed by atoms with E-state index in [4.69, 9.17) is 11.6 Å². The van der Waals surface area contributed by atoms with Gasteiger partial charge in [-0.15, -0.1) is 0 Å². The number of aliphatic imine (C=N–C) groups is 1. The van der Waals surface area contributed by atoms with Crippen LogP contribution in [0.2, 0.25) is 5.02 Å². The van der Waals surface area contributed by atoms with Gasteiger partial charge in [0, 0.05) is 42.8 Å². The van der Waals surface area contributed by atoms with E-state index in [1.165, 1.54) is 18.4 Å². The van der Waals surface area contributed by atoms with Gasteiger partial charge in [0.25, 0.3) is 0 Å². The topological polar surface area (TPSA) is 66.7 Å². The highest BCUT2D eigenvalue weighted by Gasteiger charge is 2.24. The molecule has 0 saturated carbocycles. The molecule has 0 spiro atoms. The van der Waals surface area contributed by atoms with Crippen LogP contribution in [0.4, 0.5) is 0 Å². The zero-order valence-corrected chi connectivity index (χ0v) is 13.9. The van der Waals surface area contributed by atoms with Crippen LogP contribution < -0.4 is 5.32 Å². The number of halogens is 1. The van der Waals surface area contributed by atoms with Gasteiger partial charge in [-0.3, -0.25) is 4.99 Å². The molecule has 2 heterocycles. The fourth-order valence-corrected chi connectivity index (χ4v) is 3.75. The van der Waals surface area contributed by atoms with Gasteiger partial charge in [-0.2, -0.15) is 0 Å². The Hall–Kier alpha value is -1.57. The Morgan fingerprint density at radius 2 is 2.18 bits per heavy atom. The van der Waals surface area contributed by atoms with E-state index >= 15 is 0 Å². The molecule has 0 aliphatic carbocycles. The van der Waals surface area contributed by atoms with Crippen LogP contribution in [0.5, 0.6) is 0 Å². The monoisotopic (exact) mass is 340 g/mol. The van der Waals surface area contributed by atoms with Crippen LogP contribution in [0.3, 0.4) is 0 Å². The van der Waals surface area contributed by atoms with Crippen LogP contribution in [0.1, 0.15) is 0 Å². The minimum Gasteiger partial charge on any atom is -0.370 e. The van der Waals surface area contributed by atoms with E-state index in [2.05, 4.69) is 10.3 Å². The quantitative estimate of drug-likeness (QED) is 0.918. The van der Waals surface area contributed by atoms with E-state index < -0.39 is 10.0 Å². The number of sulfonamides is 1. The van der Waals surface area contributed by atoms with Crippen molar-refractivity contribution in [2.24, 2.45) is 4.99 Å². The first-order chi connectivity index (χ1) is 10.4. The number of amidine groups is 1. The van der Waals surface area contributed by atoms with Crippen LogP contribution in [0, 0.1) is 0 Å². The van der Waals surface area contributed by atoms with Crippen molar-refractivity contribution < 1.29 is 8.42 Å². The van der Waals surface area contributed by atoms with Crippen molar-refractivity contribution in [1.82, 2.24) is 14.2 Å². The van der Waals surface area contributed by atoms with Crippen LogP contribution in [-0.2, 0) is 16.6 Å². The van der Waals surface area contributed by atoms with Crippen molar-refractivity contribution in [3.05, 3.63) is 29.4 Å². The number of hydrogen-bond donors (Lipinski definition) is 1. The van der Waals surface area contributed by atoms with Crippen molar-refractivity contribution in [2.75, 3.05) is 27.2 Å². The molecule has 0 amide bonds. The largest absolute Gasteiger partial charge is 0.370 e. The first kappa shape index (κ1) is 15.3. The highest BCUT2D eigenvalue weighted by atomic mass is 35.5.